The lowest BCUT2D eigenvalue weighted by molar-refractivity contribution is 0.281. The smallest absolute Gasteiger partial charge is 0.165 e. The fraction of sp³-hybridized carbons (Fsp3) is 0.667. The second-order valence-electron chi connectivity index (χ2n) is 5.02. The molecule has 4 heteroatoms. The minimum absolute atomic E-state index is 0.486. The van der Waals surface area contributed by atoms with Gasteiger partial charge in [-0.3, -0.25) is 4.68 Å². The van der Waals surface area contributed by atoms with Crippen LogP contribution in [0, 0.1) is 18.3 Å². The van der Waals surface area contributed by atoms with E-state index in [1.807, 2.05) is 17.8 Å². The number of hydrogen-bond donors (Lipinski definition) is 1. The van der Waals surface area contributed by atoms with Gasteiger partial charge in [-0.25, -0.2) is 0 Å². The van der Waals surface area contributed by atoms with E-state index in [1.165, 1.54) is 12.8 Å². The Kier molecular flexibility index (Phi) is 2.22. The van der Waals surface area contributed by atoms with Crippen LogP contribution in [0.4, 0.5) is 0 Å². The summed E-state index contributed by atoms with van der Waals surface area (Å²) in [5.41, 5.74) is 1.57. The lowest BCUT2D eigenvalue weighted by atomic mass is 10.0. The third-order valence-corrected chi connectivity index (χ3v) is 3.84. The molecule has 2 bridgehead atoms. The normalized spacial score (nSPS) is 32.6. The highest BCUT2D eigenvalue weighted by atomic mass is 15.3. The predicted octanol–water partition coefficient (Wildman–Crippen LogP) is 1.52. The van der Waals surface area contributed by atoms with Crippen LogP contribution >= 0.6 is 0 Å². The van der Waals surface area contributed by atoms with Gasteiger partial charge in [0.05, 0.1) is 6.04 Å². The molecule has 0 radical (unpaired) electrons. The SMILES string of the molecule is Cc1cn([C@@H]2C[C@H]3CC[C@@H](C2)N3)nc1C#N. The first-order valence-electron chi connectivity index (χ1n) is 5.98. The molecule has 0 saturated carbocycles. The molecule has 1 aromatic rings. The monoisotopic (exact) mass is 216 g/mol. The summed E-state index contributed by atoms with van der Waals surface area (Å²) in [6, 6.07) is 3.96. The molecule has 2 fully saturated rings. The molecule has 16 heavy (non-hydrogen) atoms. The van der Waals surface area contributed by atoms with Crippen LogP contribution in [0.5, 0.6) is 0 Å². The first kappa shape index (κ1) is 9.86. The average Bonchev–Trinajstić information content (AvgIpc) is 2.82. The van der Waals surface area contributed by atoms with E-state index in [0.29, 0.717) is 23.8 Å². The van der Waals surface area contributed by atoms with Gasteiger partial charge in [0.1, 0.15) is 6.07 Å². The molecule has 0 aromatic carbocycles. The Labute approximate surface area is 95.3 Å². The highest BCUT2D eigenvalue weighted by Crippen LogP contribution is 2.33. The third kappa shape index (κ3) is 1.52. The number of rotatable bonds is 1. The molecular weight excluding hydrogens is 200 g/mol. The number of aromatic nitrogens is 2. The number of nitriles is 1. The highest BCUT2D eigenvalue weighted by Gasteiger charge is 2.34. The van der Waals surface area contributed by atoms with Crippen molar-refractivity contribution in [2.24, 2.45) is 0 Å². The number of nitrogens with one attached hydrogen (secondary N) is 1. The number of nitrogens with zero attached hydrogens (tertiary/aromatic N) is 3. The summed E-state index contributed by atoms with van der Waals surface area (Å²) >= 11 is 0. The van der Waals surface area contributed by atoms with Crippen LogP contribution in [-0.2, 0) is 0 Å². The van der Waals surface area contributed by atoms with E-state index in [2.05, 4.69) is 16.5 Å². The first-order chi connectivity index (χ1) is 7.76. The van der Waals surface area contributed by atoms with Gasteiger partial charge < -0.3 is 5.32 Å². The summed E-state index contributed by atoms with van der Waals surface area (Å²) in [4.78, 5) is 0. The second-order valence-corrected chi connectivity index (χ2v) is 5.02. The molecule has 1 aromatic heterocycles. The minimum atomic E-state index is 0.486. The quantitative estimate of drug-likeness (QED) is 0.774. The molecule has 0 amide bonds. The van der Waals surface area contributed by atoms with Gasteiger partial charge in [0.2, 0.25) is 0 Å². The van der Waals surface area contributed by atoms with Gasteiger partial charge in [0.25, 0.3) is 0 Å². The highest BCUT2D eigenvalue weighted by molar-refractivity contribution is 5.27. The fourth-order valence-electron chi connectivity index (χ4n) is 3.02. The van der Waals surface area contributed by atoms with Gasteiger partial charge >= 0.3 is 0 Å². The maximum Gasteiger partial charge on any atom is 0.165 e. The topological polar surface area (TPSA) is 53.6 Å². The lowest BCUT2D eigenvalue weighted by Crippen LogP contribution is -2.39. The summed E-state index contributed by atoms with van der Waals surface area (Å²) in [5.74, 6) is 0. The van der Waals surface area contributed by atoms with Crippen LogP contribution in [0.2, 0.25) is 0 Å². The van der Waals surface area contributed by atoms with Gasteiger partial charge in [-0.05, 0) is 32.6 Å². The Hall–Kier alpha value is -1.34. The zero-order chi connectivity index (χ0) is 11.1. The molecule has 4 nitrogen and oxygen atoms in total. The molecule has 3 heterocycles. The summed E-state index contributed by atoms with van der Waals surface area (Å²) in [7, 11) is 0. The van der Waals surface area contributed by atoms with Crippen molar-refractivity contribution >= 4 is 0 Å². The van der Waals surface area contributed by atoms with Crippen molar-refractivity contribution in [3.8, 4) is 6.07 Å². The zero-order valence-electron chi connectivity index (χ0n) is 9.48. The van der Waals surface area contributed by atoms with Crippen LogP contribution in [0.15, 0.2) is 6.20 Å². The van der Waals surface area contributed by atoms with Gasteiger partial charge in [0.15, 0.2) is 5.69 Å². The molecule has 3 atom stereocenters. The Bertz CT molecular complexity index is 430. The fourth-order valence-corrected chi connectivity index (χ4v) is 3.02. The average molecular weight is 216 g/mol. The molecule has 2 aliphatic rings. The second kappa shape index (κ2) is 3.60. The Morgan fingerprint density at radius 2 is 2.12 bits per heavy atom. The zero-order valence-corrected chi connectivity index (χ0v) is 9.48. The Morgan fingerprint density at radius 3 is 2.69 bits per heavy atom. The summed E-state index contributed by atoms with van der Waals surface area (Å²) in [6.07, 6.45) is 6.93. The van der Waals surface area contributed by atoms with Crippen LogP contribution in [0.1, 0.15) is 43.0 Å². The molecule has 2 aliphatic heterocycles. The molecule has 2 saturated heterocycles. The molecule has 0 aliphatic carbocycles. The number of hydrogen-bond acceptors (Lipinski definition) is 3. The molecular formula is C12H16N4. The van der Waals surface area contributed by atoms with Crippen LogP contribution < -0.4 is 5.32 Å². The summed E-state index contributed by atoms with van der Waals surface area (Å²) in [5, 5.41) is 16.9. The molecule has 0 spiro atoms. The Morgan fingerprint density at radius 1 is 1.44 bits per heavy atom. The maximum atomic E-state index is 8.91. The van der Waals surface area contributed by atoms with E-state index >= 15 is 0 Å². The Balaban J connectivity index is 1.84. The number of aryl methyl sites for hydroxylation is 1. The summed E-state index contributed by atoms with van der Waals surface area (Å²) in [6.45, 7) is 1.96. The van der Waals surface area contributed by atoms with Crippen molar-refractivity contribution in [1.82, 2.24) is 15.1 Å². The standard InChI is InChI=1S/C12H16N4/c1-8-7-16(15-12(8)6-13)11-4-9-2-3-10(5-11)14-9/h7,9-11,14H,2-5H2,1H3/t9-,10+,11-. The predicted molar refractivity (Wildman–Crippen MR) is 59.9 cm³/mol. The lowest BCUT2D eigenvalue weighted by Gasteiger charge is -2.29. The molecule has 0 unspecified atom stereocenters. The van der Waals surface area contributed by atoms with E-state index in [4.69, 9.17) is 5.26 Å². The largest absolute Gasteiger partial charge is 0.311 e. The van der Waals surface area contributed by atoms with Crippen molar-refractivity contribution in [2.45, 2.75) is 50.7 Å². The van der Waals surface area contributed by atoms with Crippen molar-refractivity contribution in [2.75, 3.05) is 0 Å². The molecule has 1 N–H and O–H groups in total. The minimum Gasteiger partial charge on any atom is -0.311 e. The van der Waals surface area contributed by atoms with Crippen molar-refractivity contribution in [1.29, 1.82) is 5.26 Å². The van der Waals surface area contributed by atoms with E-state index in [-0.39, 0.29) is 0 Å². The summed E-state index contributed by atoms with van der Waals surface area (Å²) < 4.78 is 2.01. The first-order valence-corrected chi connectivity index (χ1v) is 5.98. The van der Waals surface area contributed by atoms with Gasteiger partial charge in [0, 0.05) is 23.8 Å². The van der Waals surface area contributed by atoms with E-state index in [1.54, 1.807) is 0 Å². The van der Waals surface area contributed by atoms with Crippen molar-refractivity contribution in [3.63, 3.8) is 0 Å². The van der Waals surface area contributed by atoms with Gasteiger partial charge in [-0.15, -0.1) is 0 Å². The van der Waals surface area contributed by atoms with Gasteiger partial charge in [-0.1, -0.05) is 0 Å². The van der Waals surface area contributed by atoms with Crippen molar-refractivity contribution in [3.05, 3.63) is 17.5 Å². The van der Waals surface area contributed by atoms with E-state index in [9.17, 15) is 0 Å². The number of piperidine rings is 1. The molecule has 3 rings (SSSR count). The molecule has 84 valence electrons. The number of fused-ring (bicyclic) bond motifs is 2. The van der Waals surface area contributed by atoms with Crippen molar-refractivity contribution < 1.29 is 0 Å². The van der Waals surface area contributed by atoms with Gasteiger partial charge in [-0.2, -0.15) is 10.4 Å². The van der Waals surface area contributed by atoms with E-state index in [0.717, 1.165) is 18.4 Å². The van der Waals surface area contributed by atoms with E-state index < -0.39 is 0 Å². The van der Waals surface area contributed by atoms with Crippen LogP contribution in [0.25, 0.3) is 0 Å². The third-order valence-electron chi connectivity index (χ3n) is 3.84. The van der Waals surface area contributed by atoms with Crippen LogP contribution in [-0.4, -0.2) is 21.9 Å². The van der Waals surface area contributed by atoms with Crippen LogP contribution in [0.3, 0.4) is 0 Å². The maximum absolute atomic E-state index is 8.91.